The number of nitrogens with one attached hydrogen (secondary N) is 1. The molecular formula is C10H9IN2. The summed E-state index contributed by atoms with van der Waals surface area (Å²) in [5.41, 5.74) is 2.42. The van der Waals surface area contributed by atoms with E-state index in [9.17, 15) is 0 Å². The van der Waals surface area contributed by atoms with Crippen molar-refractivity contribution in [1.29, 1.82) is 0 Å². The Bertz CT molecular complexity index is 407. The second kappa shape index (κ2) is 3.49. The Balaban J connectivity index is 2.53. The Morgan fingerprint density at radius 1 is 1.38 bits per heavy atom. The number of halogens is 1. The van der Waals surface area contributed by atoms with Gasteiger partial charge in [0, 0.05) is 21.5 Å². The van der Waals surface area contributed by atoms with Crippen molar-refractivity contribution >= 4 is 22.6 Å². The van der Waals surface area contributed by atoms with Crippen LogP contribution in [0.3, 0.4) is 0 Å². The molecule has 1 N–H and O–H groups in total. The zero-order valence-corrected chi connectivity index (χ0v) is 9.37. The standard InChI is InChI=1S/C10H9IN2/c1-7-6-8(11)2-3-9(7)10-12-4-5-13-10/h2-6H,1H3,(H,12,13). The molecule has 1 heterocycles. The van der Waals surface area contributed by atoms with Crippen LogP contribution in [0.15, 0.2) is 30.6 Å². The van der Waals surface area contributed by atoms with Crippen LogP contribution in [-0.4, -0.2) is 9.97 Å². The first-order chi connectivity index (χ1) is 6.27. The summed E-state index contributed by atoms with van der Waals surface area (Å²) in [5.74, 6) is 0.939. The summed E-state index contributed by atoms with van der Waals surface area (Å²) in [6, 6.07) is 6.33. The molecule has 0 aliphatic heterocycles. The molecule has 0 radical (unpaired) electrons. The molecule has 0 saturated heterocycles. The third-order valence-corrected chi connectivity index (χ3v) is 2.61. The maximum atomic E-state index is 4.22. The highest BCUT2D eigenvalue weighted by atomic mass is 127. The lowest BCUT2D eigenvalue weighted by Crippen LogP contribution is -1.85. The number of aryl methyl sites for hydroxylation is 1. The average molecular weight is 284 g/mol. The number of H-pyrrole nitrogens is 1. The smallest absolute Gasteiger partial charge is 0.137 e. The second-order valence-corrected chi connectivity index (χ2v) is 4.14. The molecule has 13 heavy (non-hydrogen) atoms. The van der Waals surface area contributed by atoms with Crippen molar-refractivity contribution in [3.8, 4) is 11.4 Å². The zero-order chi connectivity index (χ0) is 9.26. The van der Waals surface area contributed by atoms with Gasteiger partial charge in [0.05, 0.1) is 0 Å². The number of nitrogens with zero attached hydrogens (tertiary/aromatic N) is 1. The molecule has 0 aliphatic rings. The molecule has 2 aromatic rings. The maximum absolute atomic E-state index is 4.22. The van der Waals surface area contributed by atoms with Crippen LogP contribution in [0.25, 0.3) is 11.4 Å². The van der Waals surface area contributed by atoms with Crippen LogP contribution in [0.1, 0.15) is 5.56 Å². The molecule has 0 unspecified atom stereocenters. The summed E-state index contributed by atoms with van der Waals surface area (Å²) in [6.45, 7) is 2.10. The maximum Gasteiger partial charge on any atom is 0.137 e. The fourth-order valence-electron chi connectivity index (χ4n) is 1.31. The number of imidazole rings is 1. The van der Waals surface area contributed by atoms with Crippen molar-refractivity contribution in [2.45, 2.75) is 6.92 Å². The van der Waals surface area contributed by atoms with Crippen LogP contribution in [0.5, 0.6) is 0 Å². The molecule has 66 valence electrons. The first kappa shape index (κ1) is 8.74. The number of aromatic amines is 1. The average Bonchev–Trinajstić information content (AvgIpc) is 2.56. The monoisotopic (exact) mass is 284 g/mol. The largest absolute Gasteiger partial charge is 0.345 e. The van der Waals surface area contributed by atoms with E-state index in [1.54, 1.807) is 6.20 Å². The van der Waals surface area contributed by atoms with Gasteiger partial charge in [-0.1, -0.05) is 0 Å². The highest BCUT2D eigenvalue weighted by Crippen LogP contribution is 2.21. The minimum Gasteiger partial charge on any atom is -0.345 e. The Labute approximate surface area is 90.5 Å². The van der Waals surface area contributed by atoms with E-state index in [1.807, 2.05) is 6.20 Å². The van der Waals surface area contributed by atoms with Crippen LogP contribution in [0.2, 0.25) is 0 Å². The van der Waals surface area contributed by atoms with Gasteiger partial charge in [-0.15, -0.1) is 0 Å². The molecule has 1 aromatic carbocycles. The van der Waals surface area contributed by atoms with E-state index in [0.29, 0.717) is 0 Å². The van der Waals surface area contributed by atoms with E-state index < -0.39 is 0 Å². The predicted octanol–water partition coefficient (Wildman–Crippen LogP) is 2.99. The van der Waals surface area contributed by atoms with Gasteiger partial charge in [0.1, 0.15) is 5.82 Å². The highest BCUT2D eigenvalue weighted by molar-refractivity contribution is 14.1. The normalized spacial score (nSPS) is 10.3. The Hall–Kier alpha value is -0.840. The van der Waals surface area contributed by atoms with Crippen molar-refractivity contribution in [3.63, 3.8) is 0 Å². The van der Waals surface area contributed by atoms with Crippen molar-refractivity contribution in [1.82, 2.24) is 9.97 Å². The lowest BCUT2D eigenvalue weighted by Gasteiger charge is -2.02. The van der Waals surface area contributed by atoms with Gasteiger partial charge in [0.25, 0.3) is 0 Å². The third-order valence-electron chi connectivity index (χ3n) is 1.94. The molecule has 0 atom stereocenters. The lowest BCUT2D eigenvalue weighted by atomic mass is 10.1. The number of benzene rings is 1. The molecule has 0 aliphatic carbocycles. The van der Waals surface area contributed by atoms with Gasteiger partial charge in [0.15, 0.2) is 0 Å². The first-order valence-corrected chi connectivity index (χ1v) is 5.11. The van der Waals surface area contributed by atoms with E-state index in [4.69, 9.17) is 0 Å². The number of hydrogen-bond acceptors (Lipinski definition) is 1. The molecule has 0 amide bonds. The minimum absolute atomic E-state index is 0.939. The molecule has 0 fully saturated rings. The van der Waals surface area contributed by atoms with Crippen LogP contribution in [0.4, 0.5) is 0 Å². The summed E-state index contributed by atoms with van der Waals surface area (Å²) in [7, 11) is 0. The first-order valence-electron chi connectivity index (χ1n) is 4.03. The van der Waals surface area contributed by atoms with Gasteiger partial charge in [0.2, 0.25) is 0 Å². The number of rotatable bonds is 1. The SMILES string of the molecule is Cc1cc(I)ccc1-c1ncc[nH]1. The van der Waals surface area contributed by atoms with Crippen molar-refractivity contribution in [3.05, 3.63) is 39.7 Å². The second-order valence-electron chi connectivity index (χ2n) is 2.90. The summed E-state index contributed by atoms with van der Waals surface area (Å²) in [6.07, 6.45) is 3.61. The van der Waals surface area contributed by atoms with E-state index >= 15 is 0 Å². The fraction of sp³-hybridized carbons (Fsp3) is 0.100. The highest BCUT2D eigenvalue weighted by Gasteiger charge is 2.02. The molecule has 2 nitrogen and oxygen atoms in total. The third kappa shape index (κ3) is 1.75. The lowest BCUT2D eigenvalue weighted by molar-refractivity contribution is 1.28. The van der Waals surface area contributed by atoms with Gasteiger partial charge < -0.3 is 4.98 Å². The quantitative estimate of drug-likeness (QED) is 0.801. The molecule has 0 saturated carbocycles. The number of hydrogen-bond donors (Lipinski definition) is 1. The summed E-state index contributed by atoms with van der Waals surface area (Å²) < 4.78 is 1.26. The zero-order valence-electron chi connectivity index (χ0n) is 7.21. The molecule has 0 spiro atoms. The molecular weight excluding hydrogens is 275 g/mol. The van der Waals surface area contributed by atoms with Gasteiger partial charge in [-0.3, -0.25) is 0 Å². The molecule has 3 heteroatoms. The molecule has 2 rings (SSSR count). The summed E-state index contributed by atoms with van der Waals surface area (Å²) in [4.78, 5) is 7.32. The minimum atomic E-state index is 0.939. The van der Waals surface area contributed by atoms with E-state index in [0.717, 1.165) is 5.82 Å². The Kier molecular flexibility index (Phi) is 2.35. The fourth-order valence-corrected chi connectivity index (χ4v) is 1.95. The van der Waals surface area contributed by atoms with Crippen molar-refractivity contribution in [2.24, 2.45) is 0 Å². The Morgan fingerprint density at radius 3 is 2.85 bits per heavy atom. The van der Waals surface area contributed by atoms with E-state index in [1.165, 1.54) is 14.7 Å². The van der Waals surface area contributed by atoms with Crippen LogP contribution < -0.4 is 0 Å². The number of aromatic nitrogens is 2. The predicted molar refractivity (Wildman–Crippen MR) is 61.5 cm³/mol. The molecule has 0 bridgehead atoms. The van der Waals surface area contributed by atoms with Crippen LogP contribution in [-0.2, 0) is 0 Å². The van der Waals surface area contributed by atoms with Crippen LogP contribution >= 0.6 is 22.6 Å². The van der Waals surface area contributed by atoms with Gasteiger partial charge >= 0.3 is 0 Å². The Morgan fingerprint density at radius 2 is 2.23 bits per heavy atom. The van der Waals surface area contributed by atoms with Crippen molar-refractivity contribution < 1.29 is 0 Å². The van der Waals surface area contributed by atoms with E-state index in [-0.39, 0.29) is 0 Å². The van der Waals surface area contributed by atoms with Crippen LogP contribution in [0, 0.1) is 10.5 Å². The van der Waals surface area contributed by atoms with Gasteiger partial charge in [-0.05, 0) is 53.3 Å². The van der Waals surface area contributed by atoms with Gasteiger partial charge in [-0.2, -0.15) is 0 Å². The summed E-state index contributed by atoms with van der Waals surface area (Å²) >= 11 is 2.31. The van der Waals surface area contributed by atoms with Crippen molar-refractivity contribution in [2.75, 3.05) is 0 Å². The van der Waals surface area contributed by atoms with Gasteiger partial charge in [-0.25, -0.2) is 4.98 Å². The van der Waals surface area contributed by atoms with E-state index in [2.05, 4.69) is 57.7 Å². The molecule has 1 aromatic heterocycles. The topological polar surface area (TPSA) is 28.7 Å². The summed E-state index contributed by atoms with van der Waals surface area (Å²) in [5, 5.41) is 0.